The maximum Gasteiger partial charge on any atom is 0.320 e. The highest BCUT2D eigenvalue weighted by Gasteiger charge is 2.06. The molecule has 102 valence electrons. The molecule has 7 heteroatoms. The first kappa shape index (κ1) is 13.1. The first-order chi connectivity index (χ1) is 9.19. The summed E-state index contributed by atoms with van der Waals surface area (Å²) in [7, 11) is 1.86. The monoisotopic (exact) mass is 262 g/mol. The van der Waals surface area contributed by atoms with E-state index in [0.29, 0.717) is 12.4 Å². The Morgan fingerprint density at radius 3 is 3.00 bits per heavy atom. The Morgan fingerprint density at radius 2 is 2.37 bits per heavy atom. The number of hydrogen-bond donors (Lipinski definition) is 3. The van der Waals surface area contributed by atoms with Crippen LogP contribution in [0.15, 0.2) is 18.5 Å². The Hall–Kier alpha value is -2.31. The Bertz CT molecular complexity index is 530. The van der Waals surface area contributed by atoms with E-state index in [-0.39, 0.29) is 6.03 Å². The quantitative estimate of drug-likeness (QED) is 0.753. The number of aromatic nitrogens is 4. The lowest BCUT2D eigenvalue weighted by Gasteiger charge is -2.04. The molecule has 0 fully saturated rings. The van der Waals surface area contributed by atoms with E-state index in [4.69, 9.17) is 0 Å². The number of aromatic amines is 1. The van der Waals surface area contributed by atoms with Gasteiger partial charge in [-0.2, -0.15) is 10.2 Å². The Balaban J connectivity index is 1.77. The van der Waals surface area contributed by atoms with Crippen molar-refractivity contribution in [3.8, 4) is 0 Å². The molecule has 0 spiro atoms. The van der Waals surface area contributed by atoms with Gasteiger partial charge in [0.1, 0.15) is 0 Å². The van der Waals surface area contributed by atoms with E-state index in [1.165, 1.54) is 0 Å². The summed E-state index contributed by atoms with van der Waals surface area (Å²) in [4.78, 5) is 11.7. The van der Waals surface area contributed by atoms with Gasteiger partial charge in [0.15, 0.2) is 5.82 Å². The fourth-order valence-electron chi connectivity index (χ4n) is 1.79. The minimum atomic E-state index is -0.246. The summed E-state index contributed by atoms with van der Waals surface area (Å²) in [5.74, 6) is 0.570. The molecule has 2 aromatic rings. The molecule has 2 heterocycles. The second-order valence-corrected chi connectivity index (χ2v) is 4.24. The van der Waals surface area contributed by atoms with Gasteiger partial charge in [0.2, 0.25) is 0 Å². The van der Waals surface area contributed by atoms with Gasteiger partial charge in [-0.15, -0.1) is 0 Å². The fourth-order valence-corrected chi connectivity index (χ4v) is 1.79. The molecule has 0 saturated carbocycles. The molecule has 0 aliphatic rings. The fraction of sp³-hybridized carbons (Fsp3) is 0.417. The predicted octanol–water partition coefficient (Wildman–Crippen LogP) is 1.07. The van der Waals surface area contributed by atoms with Crippen LogP contribution in [0.25, 0.3) is 0 Å². The van der Waals surface area contributed by atoms with Crippen LogP contribution in [0, 0.1) is 0 Å². The third-order valence-electron chi connectivity index (χ3n) is 2.83. The molecule has 2 amide bonds. The Morgan fingerprint density at radius 1 is 1.53 bits per heavy atom. The molecule has 3 N–H and O–H groups in total. The van der Waals surface area contributed by atoms with E-state index in [1.54, 1.807) is 10.9 Å². The average Bonchev–Trinajstić information content (AvgIpc) is 2.99. The van der Waals surface area contributed by atoms with E-state index in [9.17, 15) is 4.79 Å². The molecule has 0 radical (unpaired) electrons. The first-order valence-electron chi connectivity index (χ1n) is 6.24. The number of nitrogens with zero attached hydrogens (tertiary/aromatic N) is 3. The molecular weight excluding hydrogens is 244 g/mol. The summed E-state index contributed by atoms with van der Waals surface area (Å²) < 4.78 is 1.76. The number of nitrogens with one attached hydrogen (secondary N) is 3. The molecule has 0 aliphatic heterocycles. The summed E-state index contributed by atoms with van der Waals surface area (Å²) >= 11 is 0. The number of amides is 2. The maximum atomic E-state index is 11.7. The summed E-state index contributed by atoms with van der Waals surface area (Å²) in [6.45, 7) is 2.60. The van der Waals surface area contributed by atoms with Crippen LogP contribution >= 0.6 is 0 Å². The highest BCUT2D eigenvalue weighted by Crippen LogP contribution is 2.08. The van der Waals surface area contributed by atoms with E-state index in [2.05, 4.69) is 25.9 Å². The zero-order valence-corrected chi connectivity index (χ0v) is 11.1. The second kappa shape index (κ2) is 6.03. The van der Waals surface area contributed by atoms with E-state index in [0.717, 1.165) is 24.1 Å². The molecule has 7 nitrogen and oxygen atoms in total. The maximum absolute atomic E-state index is 11.7. The highest BCUT2D eigenvalue weighted by molar-refractivity contribution is 5.88. The van der Waals surface area contributed by atoms with Crippen molar-refractivity contribution in [1.82, 2.24) is 25.3 Å². The van der Waals surface area contributed by atoms with Crippen LogP contribution in [-0.4, -0.2) is 32.6 Å². The van der Waals surface area contributed by atoms with Gasteiger partial charge in [-0.05, 0) is 18.4 Å². The van der Waals surface area contributed by atoms with Crippen LogP contribution in [0.1, 0.15) is 18.2 Å². The van der Waals surface area contributed by atoms with Gasteiger partial charge in [-0.3, -0.25) is 15.1 Å². The molecule has 2 aromatic heterocycles. The van der Waals surface area contributed by atoms with Gasteiger partial charge in [-0.1, -0.05) is 6.92 Å². The van der Waals surface area contributed by atoms with E-state index < -0.39 is 0 Å². The largest absolute Gasteiger partial charge is 0.337 e. The van der Waals surface area contributed by atoms with Crippen LogP contribution in [0.3, 0.4) is 0 Å². The zero-order chi connectivity index (χ0) is 13.7. The van der Waals surface area contributed by atoms with Crippen molar-refractivity contribution in [2.24, 2.45) is 7.05 Å². The normalized spacial score (nSPS) is 10.4. The van der Waals surface area contributed by atoms with Crippen molar-refractivity contribution >= 4 is 11.8 Å². The Kier molecular flexibility index (Phi) is 4.17. The van der Waals surface area contributed by atoms with E-state index in [1.807, 2.05) is 26.2 Å². The number of rotatable bonds is 5. The van der Waals surface area contributed by atoms with Gasteiger partial charge in [0.25, 0.3) is 0 Å². The first-order valence-corrected chi connectivity index (χ1v) is 6.24. The minimum Gasteiger partial charge on any atom is -0.337 e. The third-order valence-corrected chi connectivity index (χ3v) is 2.83. The van der Waals surface area contributed by atoms with Crippen molar-refractivity contribution in [1.29, 1.82) is 0 Å². The Labute approximate surface area is 111 Å². The van der Waals surface area contributed by atoms with Gasteiger partial charge in [0, 0.05) is 31.5 Å². The molecule has 0 saturated heterocycles. The molecule has 0 unspecified atom stereocenters. The standard InChI is InChI=1S/C12H18N6O/c1-3-10-6-11(17-18(10)2)16-12(19)13-5-4-9-7-14-15-8-9/h6-8H,3-5H2,1-2H3,(H,14,15)(H2,13,16,17,19). The van der Waals surface area contributed by atoms with Gasteiger partial charge in [0.05, 0.1) is 6.20 Å². The number of anilines is 1. The van der Waals surface area contributed by atoms with Crippen molar-refractivity contribution in [2.45, 2.75) is 19.8 Å². The number of hydrogen-bond acceptors (Lipinski definition) is 3. The summed E-state index contributed by atoms with van der Waals surface area (Å²) in [5, 5.41) is 16.3. The van der Waals surface area contributed by atoms with Crippen molar-refractivity contribution in [3.05, 3.63) is 29.7 Å². The minimum absolute atomic E-state index is 0.246. The molecule has 19 heavy (non-hydrogen) atoms. The smallest absolute Gasteiger partial charge is 0.320 e. The summed E-state index contributed by atoms with van der Waals surface area (Å²) in [6, 6.07) is 1.62. The van der Waals surface area contributed by atoms with E-state index >= 15 is 0 Å². The molecule has 0 aromatic carbocycles. The third kappa shape index (κ3) is 3.57. The average molecular weight is 262 g/mol. The summed E-state index contributed by atoms with van der Waals surface area (Å²) in [6.07, 6.45) is 5.18. The lowest BCUT2D eigenvalue weighted by molar-refractivity contribution is 0.252. The molecule has 0 atom stereocenters. The molecule has 0 aliphatic carbocycles. The molecule has 0 bridgehead atoms. The number of carbonyl (C=O) groups is 1. The van der Waals surface area contributed by atoms with Crippen molar-refractivity contribution in [2.75, 3.05) is 11.9 Å². The van der Waals surface area contributed by atoms with Gasteiger partial charge < -0.3 is 5.32 Å². The van der Waals surface area contributed by atoms with Crippen LogP contribution in [0.2, 0.25) is 0 Å². The lowest BCUT2D eigenvalue weighted by Crippen LogP contribution is -2.30. The number of carbonyl (C=O) groups excluding carboxylic acids is 1. The van der Waals surface area contributed by atoms with Crippen molar-refractivity contribution < 1.29 is 4.79 Å². The topological polar surface area (TPSA) is 87.6 Å². The summed E-state index contributed by atoms with van der Waals surface area (Å²) in [5.41, 5.74) is 2.14. The molecule has 2 rings (SSSR count). The SMILES string of the molecule is CCc1cc(NC(=O)NCCc2cn[nH]c2)nn1C. The zero-order valence-electron chi connectivity index (χ0n) is 11.1. The van der Waals surface area contributed by atoms with Crippen LogP contribution in [0.4, 0.5) is 10.6 Å². The second-order valence-electron chi connectivity index (χ2n) is 4.24. The molecular formula is C12H18N6O. The lowest BCUT2D eigenvalue weighted by atomic mass is 10.2. The number of H-pyrrole nitrogens is 1. The van der Waals surface area contributed by atoms with Crippen LogP contribution < -0.4 is 10.6 Å². The number of aryl methyl sites for hydroxylation is 2. The highest BCUT2D eigenvalue weighted by atomic mass is 16.2. The van der Waals surface area contributed by atoms with Gasteiger partial charge in [-0.25, -0.2) is 4.79 Å². The van der Waals surface area contributed by atoms with Crippen LogP contribution in [0.5, 0.6) is 0 Å². The predicted molar refractivity (Wildman–Crippen MR) is 71.9 cm³/mol. The van der Waals surface area contributed by atoms with Crippen molar-refractivity contribution in [3.63, 3.8) is 0 Å². The van der Waals surface area contributed by atoms with Gasteiger partial charge >= 0.3 is 6.03 Å². The van der Waals surface area contributed by atoms with Crippen LogP contribution in [-0.2, 0) is 19.9 Å². The number of urea groups is 1.